The Hall–Kier alpha value is -1.64. The van der Waals surface area contributed by atoms with Gasteiger partial charge < -0.3 is 9.47 Å². The lowest BCUT2D eigenvalue weighted by molar-refractivity contribution is 0.0730. The summed E-state index contributed by atoms with van der Waals surface area (Å²) >= 11 is 0. The molecule has 1 N–H and O–H groups in total. The molecule has 0 saturated carbocycles. The van der Waals surface area contributed by atoms with Gasteiger partial charge in [0.15, 0.2) is 0 Å². The molecule has 0 spiro atoms. The summed E-state index contributed by atoms with van der Waals surface area (Å²) in [5.74, 6) is 0. The number of ether oxygens (including phenoxy) is 2. The van der Waals surface area contributed by atoms with Crippen LogP contribution in [0.2, 0.25) is 0 Å². The molecule has 1 fully saturated rings. The largest absolute Gasteiger partial charge is 0.450 e. The maximum Gasteiger partial charge on any atom is 0.411 e. The van der Waals surface area contributed by atoms with Gasteiger partial charge in [0.05, 0.1) is 25.5 Å². The molecule has 1 aromatic rings. The minimum absolute atomic E-state index is 0.0717. The second kappa shape index (κ2) is 7.08. The first-order chi connectivity index (χ1) is 10.4. The molecule has 0 aliphatic carbocycles. The molecule has 122 valence electrons. The molecule has 1 saturated heterocycles. The highest BCUT2D eigenvalue weighted by atomic mass is 32.2. The number of carbonyl (C=O) groups excluding carboxylic acids is 1. The van der Waals surface area contributed by atoms with Crippen molar-refractivity contribution in [2.45, 2.75) is 18.7 Å². The van der Waals surface area contributed by atoms with Crippen molar-refractivity contribution in [3.05, 3.63) is 23.8 Å². The first-order valence-electron chi connectivity index (χ1n) is 7.07. The molecule has 7 nitrogen and oxygen atoms in total. The topological polar surface area (TPSA) is 84.9 Å². The molecule has 0 unspecified atom stereocenters. The van der Waals surface area contributed by atoms with E-state index in [0.29, 0.717) is 26.3 Å². The molecule has 8 heteroatoms. The zero-order valence-electron chi connectivity index (χ0n) is 12.7. The van der Waals surface area contributed by atoms with Gasteiger partial charge in [-0.3, -0.25) is 5.32 Å². The fourth-order valence-electron chi connectivity index (χ4n) is 2.15. The van der Waals surface area contributed by atoms with Crippen LogP contribution in [0, 0.1) is 6.92 Å². The lowest BCUT2D eigenvalue weighted by Crippen LogP contribution is -2.40. The van der Waals surface area contributed by atoms with Crippen LogP contribution in [0.5, 0.6) is 0 Å². The molecule has 0 radical (unpaired) electrons. The van der Waals surface area contributed by atoms with Gasteiger partial charge in [-0.2, -0.15) is 4.31 Å². The second-order valence-corrected chi connectivity index (χ2v) is 6.77. The third-order valence-corrected chi connectivity index (χ3v) is 5.18. The van der Waals surface area contributed by atoms with E-state index in [9.17, 15) is 13.2 Å². The highest BCUT2D eigenvalue weighted by Crippen LogP contribution is 2.26. The molecule has 1 aliphatic rings. The van der Waals surface area contributed by atoms with Crippen LogP contribution >= 0.6 is 0 Å². The Labute approximate surface area is 130 Å². The molecule has 22 heavy (non-hydrogen) atoms. The van der Waals surface area contributed by atoms with E-state index in [-0.39, 0.29) is 17.2 Å². The molecular formula is C14H20N2O5S. The molecule has 0 aromatic heterocycles. The third kappa shape index (κ3) is 3.76. The number of aryl methyl sites for hydroxylation is 1. The predicted octanol–water partition coefficient (Wildman–Crippen LogP) is 1.58. The molecule has 1 aromatic carbocycles. The molecule has 1 amide bonds. The zero-order chi connectivity index (χ0) is 16.2. The van der Waals surface area contributed by atoms with Gasteiger partial charge in [-0.25, -0.2) is 13.2 Å². The van der Waals surface area contributed by atoms with E-state index in [0.717, 1.165) is 5.56 Å². The number of anilines is 1. The van der Waals surface area contributed by atoms with E-state index in [2.05, 4.69) is 5.32 Å². The van der Waals surface area contributed by atoms with Crippen molar-refractivity contribution in [1.29, 1.82) is 0 Å². The van der Waals surface area contributed by atoms with Gasteiger partial charge in [-0.1, -0.05) is 6.07 Å². The first-order valence-corrected chi connectivity index (χ1v) is 8.51. The molecule has 0 bridgehead atoms. The summed E-state index contributed by atoms with van der Waals surface area (Å²) in [6, 6.07) is 4.85. The average molecular weight is 328 g/mol. The van der Waals surface area contributed by atoms with Crippen LogP contribution in [0.4, 0.5) is 10.5 Å². The highest BCUT2D eigenvalue weighted by molar-refractivity contribution is 7.89. The molecule has 1 aliphatic heterocycles. The SMILES string of the molecule is CCOC(=O)Nc1ccc(C)cc1S(=O)(=O)N1CCOCC1. The van der Waals surface area contributed by atoms with Crippen molar-refractivity contribution in [3.63, 3.8) is 0 Å². The number of carbonyl (C=O) groups is 1. The number of amides is 1. The minimum atomic E-state index is -3.69. The van der Waals surface area contributed by atoms with Crippen molar-refractivity contribution in [2.24, 2.45) is 0 Å². The first kappa shape index (κ1) is 16.7. The lowest BCUT2D eigenvalue weighted by Gasteiger charge is -2.27. The quantitative estimate of drug-likeness (QED) is 0.907. The number of benzene rings is 1. The predicted molar refractivity (Wildman–Crippen MR) is 81.4 cm³/mol. The van der Waals surface area contributed by atoms with E-state index in [1.54, 1.807) is 32.0 Å². The fraction of sp³-hybridized carbons (Fsp3) is 0.500. The molecule has 0 atom stereocenters. The number of hydrogen-bond donors (Lipinski definition) is 1. The van der Waals surface area contributed by atoms with Gasteiger partial charge >= 0.3 is 6.09 Å². The Kier molecular flexibility index (Phi) is 5.38. The van der Waals surface area contributed by atoms with E-state index in [1.165, 1.54) is 4.31 Å². The molecule has 2 rings (SSSR count). The number of sulfonamides is 1. The Balaban J connectivity index is 2.35. The van der Waals surface area contributed by atoms with Gasteiger partial charge in [0.25, 0.3) is 0 Å². The summed E-state index contributed by atoms with van der Waals surface area (Å²) in [5, 5.41) is 2.49. The minimum Gasteiger partial charge on any atom is -0.450 e. The van der Waals surface area contributed by atoms with Crippen molar-refractivity contribution < 1.29 is 22.7 Å². The normalized spacial score (nSPS) is 16.3. The third-order valence-electron chi connectivity index (χ3n) is 3.24. The summed E-state index contributed by atoms with van der Waals surface area (Å²) in [7, 11) is -3.69. The van der Waals surface area contributed by atoms with Gasteiger partial charge in [-0.05, 0) is 31.5 Å². The van der Waals surface area contributed by atoms with Crippen molar-refractivity contribution in [1.82, 2.24) is 4.31 Å². The van der Waals surface area contributed by atoms with Gasteiger partial charge in [0.2, 0.25) is 10.0 Å². The van der Waals surface area contributed by atoms with E-state index >= 15 is 0 Å². The summed E-state index contributed by atoms with van der Waals surface area (Å²) in [6.07, 6.45) is -0.676. The summed E-state index contributed by atoms with van der Waals surface area (Å²) < 4.78 is 36.9. The summed E-state index contributed by atoms with van der Waals surface area (Å²) in [4.78, 5) is 11.7. The Morgan fingerprint density at radius 2 is 2.05 bits per heavy atom. The zero-order valence-corrected chi connectivity index (χ0v) is 13.5. The van der Waals surface area contributed by atoms with Crippen molar-refractivity contribution >= 4 is 21.8 Å². The van der Waals surface area contributed by atoms with Gasteiger partial charge in [0, 0.05) is 13.1 Å². The number of rotatable bonds is 4. The second-order valence-electron chi connectivity index (χ2n) is 4.86. The van der Waals surface area contributed by atoms with Crippen molar-refractivity contribution in [2.75, 3.05) is 38.2 Å². The summed E-state index contributed by atoms with van der Waals surface area (Å²) in [6.45, 7) is 5.03. The van der Waals surface area contributed by atoms with Crippen LogP contribution in [-0.2, 0) is 19.5 Å². The van der Waals surface area contributed by atoms with E-state index in [1.807, 2.05) is 0 Å². The highest BCUT2D eigenvalue weighted by Gasteiger charge is 2.29. The maximum absolute atomic E-state index is 12.8. The Morgan fingerprint density at radius 3 is 2.68 bits per heavy atom. The number of nitrogens with one attached hydrogen (secondary N) is 1. The Bertz CT molecular complexity index is 639. The van der Waals surface area contributed by atoms with E-state index < -0.39 is 16.1 Å². The van der Waals surface area contributed by atoms with Crippen LogP contribution in [-0.4, -0.2) is 51.7 Å². The average Bonchev–Trinajstić information content (AvgIpc) is 2.50. The monoisotopic (exact) mass is 328 g/mol. The van der Waals surface area contributed by atoms with E-state index in [4.69, 9.17) is 9.47 Å². The number of hydrogen-bond acceptors (Lipinski definition) is 5. The summed E-state index contributed by atoms with van der Waals surface area (Å²) in [5.41, 5.74) is 1.01. The maximum atomic E-state index is 12.8. The standard InChI is InChI=1S/C14H20N2O5S/c1-3-21-14(17)15-12-5-4-11(2)10-13(12)22(18,19)16-6-8-20-9-7-16/h4-5,10H,3,6-9H2,1-2H3,(H,15,17). The van der Waals surface area contributed by atoms with Gasteiger partial charge in [-0.15, -0.1) is 0 Å². The number of nitrogens with zero attached hydrogens (tertiary/aromatic N) is 1. The smallest absolute Gasteiger partial charge is 0.411 e. The van der Waals surface area contributed by atoms with Crippen LogP contribution in [0.3, 0.4) is 0 Å². The van der Waals surface area contributed by atoms with Gasteiger partial charge in [0.1, 0.15) is 4.90 Å². The lowest BCUT2D eigenvalue weighted by atomic mass is 10.2. The Morgan fingerprint density at radius 1 is 1.36 bits per heavy atom. The molecular weight excluding hydrogens is 308 g/mol. The fourth-order valence-corrected chi connectivity index (χ4v) is 3.79. The number of morpholine rings is 1. The van der Waals surface area contributed by atoms with Crippen LogP contribution < -0.4 is 5.32 Å². The van der Waals surface area contributed by atoms with Crippen LogP contribution in [0.25, 0.3) is 0 Å². The molecule has 1 heterocycles. The van der Waals surface area contributed by atoms with Crippen LogP contribution in [0.15, 0.2) is 23.1 Å². The van der Waals surface area contributed by atoms with Crippen LogP contribution in [0.1, 0.15) is 12.5 Å². The van der Waals surface area contributed by atoms with Crippen molar-refractivity contribution in [3.8, 4) is 0 Å².